The van der Waals surface area contributed by atoms with Crippen LogP contribution in [0.3, 0.4) is 0 Å². The van der Waals surface area contributed by atoms with Gasteiger partial charge >= 0.3 is 0 Å². The Morgan fingerprint density at radius 3 is 2.69 bits per heavy atom. The van der Waals surface area contributed by atoms with E-state index >= 15 is 0 Å². The van der Waals surface area contributed by atoms with E-state index in [9.17, 15) is 9.59 Å². The van der Waals surface area contributed by atoms with Gasteiger partial charge in [-0.2, -0.15) is 0 Å². The zero-order valence-corrected chi connectivity index (χ0v) is 16.8. The molecular formula is C22H16N2O3S2. The fraction of sp³-hybridized carbons (Fsp3) is 0.0455. The minimum absolute atomic E-state index is 0.119. The smallest absolute Gasteiger partial charge is 0.263 e. The Morgan fingerprint density at radius 2 is 1.90 bits per heavy atom. The molecule has 5 nitrogen and oxygen atoms in total. The van der Waals surface area contributed by atoms with Crippen LogP contribution in [0.2, 0.25) is 0 Å². The standard InChI is InChI=1S/C22H16N2O3S2/c25-20(23-17-9-8-15-5-1-2-6-16(15)12-17)13-27-18-7-3-4-14(10-18)11-19-21(26)24-22(28)29-19/h1-12H,13H2,(H,23,25)(H,24,26,28)/b19-11-. The molecule has 29 heavy (non-hydrogen) atoms. The predicted molar refractivity (Wildman–Crippen MR) is 121 cm³/mol. The number of hydrogen-bond acceptors (Lipinski definition) is 5. The lowest BCUT2D eigenvalue weighted by Crippen LogP contribution is -2.20. The summed E-state index contributed by atoms with van der Waals surface area (Å²) in [6.45, 7) is -0.119. The Bertz CT molecular complexity index is 1160. The van der Waals surface area contributed by atoms with Crippen LogP contribution in [0.4, 0.5) is 5.69 Å². The van der Waals surface area contributed by atoms with Gasteiger partial charge in [0.2, 0.25) is 0 Å². The second kappa shape index (κ2) is 8.46. The number of thiocarbonyl (C=S) groups is 1. The molecule has 4 rings (SSSR count). The highest BCUT2D eigenvalue weighted by Crippen LogP contribution is 2.27. The molecule has 0 spiro atoms. The van der Waals surface area contributed by atoms with E-state index in [2.05, 4.69) is 10.6 Å². The van der Waals surface area contributed by atoms with E-state index in [-0.39, 0.29) is 18.4 Å². The van der Waals surface area contributed by atoms with Crippen LogP contribution in [-0.4, -0.2) is 22.7 Å². The number of thioether (sulfide) groups is 1. The van der Waals surface area contributed by atoms with Crippen molar-refractivity contribution in [1.29, 1.82) is 0 Å². The highest BCUT2D eigenvalue weighted by atomic mass is 32.2. The molecular weight excluding hydrogens is 404 g/mol. The molecule has 0 radical (unpaired) electrons. The van der Waals surface area contributed by atoms with Crippen molar-refractivity contribution >= 4 is 62.7 Å². The Balaban J connectivity index is 1.38. The number of rotatable bonds is 5. The molecule has 0 bridgehead atoms. The number of hydrogen-bond donors (Lipinski definition) is 2. The summed E-state index contributed by atoms with van der Waals surface area (Å²) in [6, 6.07) is 20.9. The van der Waals surface area contributed by atoms with Crippen molar-refractivity contribution in [1.82, 2.24) is 5.32 Å². The largest absolute Gasteiger partial charge is 0.484 e. The summed E-state index contributed by atoms with van der Waals surface area (Å²) in [7, 11) is 0. The number of anilines is 1. The molecule has 0 aromatic heterocycles. The Hall–Kier alpha value is -3.16. The van der Waals surface area contributed by atoms with E-state index in [4.69, 9.17) is 17.0 Å². The maximum Gasteiger partial charge on any atom is 0.263 e. The monoisotopic (exact) mass is 420 g/mol. The second-order valence-corrected chi connectivity index (χ2v) is 8.04. The normalized spacial score (nSPS) is 14.8. The van der Waals surface area contributed by atoms with Gasteiger partial charge in [-0.25, -0.2) is 0 Å². The lowest BCUT2D eigenvalue weighted by atomic mass is 10.1. The van der Waals surface area contributed by atoms with Gasteiger partial charge in [-0.1, -0.05) is 66.4 Å². The average molecular weight is 421 g/mol. The van der Waals surface area contributed by atoms with Crippen molar-refractivity contribution in [3.8, 4) is 5.75 Å². The molecule has 3 aromatic rings. The third kappa shape index (κ3) is 4.82. The first-order chi connectivity index (χ1) is 14.1. The summed E-state index contributed by atoms with van der Waals surface area (Å²) in [6.07, 6.45) is 1.74. The van der Waals surface area contributed by atoms with Crippen molar-refractivity contribution < 1.29 is 14.3 Å². The van der Waals surface area contributed by atoms with Crippen LogP contribution in [0.15, 0.2) is 71.6 Å². The topological polar surface area (TPSA) is 67.4 Å². The molecule has 7 heteroatoms. The highest BCUT2D eigenvalue weighted by Gasteiger charge is 2.21. The van der Waals surface area contributed by atoms with E-state index in [0.29, 0.717) is 15.0 Å². The van der Waals surface area contributed by atoms with Crippen molar-refractivity contribution in [2.75, 3.05) is 11.9 Å². The maximum atomic E-state index is 12.2. The molecule has 1 fully saturated rings. The van der Waals surface area contributed by atoms with E-state index < -0.39 is 0 Å². The number of fused-ring (bicyclic) bond motifs is 1. The molecule has 2 N–H and O–H groups in total. The molecule has 0 aliphatic carbocycles. The molecule has 3 aromatic carbocycles. The molecule has 1 aliphatic heterocycles. The maximum absolute atomic E-state index is 12.2. The molecule has 0 unspecified atom stereocenters. The van der Waals surface area contributed by atoms with Gasteiger partial charge in [0.15, 0.2) is 6.61 Å². The van der Waals surface area contributed by atoms with Gasteiger partial charge < -0.3 is 15.4 Å². The summed E-state index contributed by atoms with van der Waals surface area (Å²) in [5.74, 6) is 0.0835. The fourth-order valence-electron chi connectivity index (χ4n) is 2.88. The average Bonchev–Trinajstić information content (AvgIpc) is 3.03. The molecule has 0 saturated carbocycles. The third-order valence-electron chi connectivity index (χ3n) is 4.20. The van der Waals surface area contributed by atoms with E-state index in [1.165, 1.54) is 11.8 Å². The Morgan fingerprint density at radius 1 is 1.07 bits per heavy atom. The minimum atomic E-state index is -0.250. The number of amides is 2. The van der Waals surface area contributed by atoms with Gasteiger partial charge in [0.25, 0.3) is 11.8 Å². The van der Waals surface area contributed by atoms with Crippen LogP contribution >= 0.6 is 24.0 Å². The number of carbonyl (C=O) groups excluding carboxylic acids is 2. The minimum Gasteiger partial charge on any atom is -0.484 e. The van der Waals surface area contributed by atoms with E-state index in [1.807, 2.05) is 48.5 Å². The van der Waals surface area contributed by atoms with Gasteiger partial charge in [0.05, 0.1) is 4.91 Å². The lowest BCUT2D eigenvalue weighted by molar-refractivity contribution is -0.118. The molecule has 1 aliphatic rings. The number of benzene rings is 3. The Labute approximate surface area is 177 Å². The van der Waals surface area contributed by atoms with Crippen LogP contribution in [0.1, 0.15) is 5.56 Å². The van der Waals surface area contributed by atoms with Crippen LogP contribution < -0.4 is 15.4 Å². The molecule has 0 atom stereocenters. The molecule has 1 saturated heterocycles. The van der Waals surface area contributed by atoms with E-state index in [0.717, 1.165) is 22.0 Å². The van der Waals surface area contributed by atoms with Gasteiger partial charge in [-0.05, 0) is 46.7 Å². The van der Waals surface area contributed by atoms with Crippen molar-refractivity contribution in [2.24, 2.45) is 0 Å². The number of nitrogens with one attached hydrogen (secondary N) is 2. The zero-order valence-electron chi connectivity index (χ0n) is 15.2. The second-order valence-electron chi connectivity index (χ2n) is 6.32. The van der Waals surface area contributed by atoms with Gasteiger partial charge in [-0.15, -0.1) is 0 Å². The number of ether oxygens (including phenoxy) is 1. The van der Waals surface area contributed by atoms with Crippen LogP contribution in [0, 0.1) is 0 Å². The summed E-state index contributed by atoms with van der Waals surface area (Å²) in [5, 5.41) is 7.59. The molecule has 2 amide bonds. The summed E-state index contributed by atoms with van der Waals surface area (Å²) >= 11 is 6.21. The first-order valence-electron chi connectivity index (χ1n) is 8.83. The van der Waals surface area contributed by atoms with E-state index in [1.54, 1.807) is 24.3 Å². The summed E-state index contributed by atoms with van der Waals surface area (Å²) in [5.41, 5.74) is 1.51. The number of carbonyl (C=O) groups is 2. The molecule has 144 valence electrons. The SMILES string of the molecule is O=C(COc1cccc(/C=C2\SC(=S)NC2=O)c1)Nc1ccc2ccccc2c1. The van der Waals surface area contributed by atoms with Crippen LogP contribution in [0.5, 0.6) is 5.75 Å². The first-order valence-corrected chi connectivity index (χ1v) is 10.1. The van der Waals surface area contributed by atoms with Gasteiger partial charge in [0, 0.05) is 5.69 Å². The summed E-state index contributed by atoms with van der Waals surface area (Å²) < 4.78 is 6.05. The fourth-order valence-corrected chi connectivity index (χ4v) is 3.92. The molecule has 1 heterocycles. The van der Waals surface area contributed by atoms with Gasteiger partial charge in [0.1, 0.15) is 10.1 Å². The highest BCUT2D eigenvalue weighted by molar-refractivity contribution is 8.26. The third-order valence-corrected chi connectivity index (χ3v) is 5.36. The summed E-state index contributed by atoms with van der Waals surface area (Å²) in [4.78, 5) is 24.5. The lowest BCUT2D eigenvalue weighted by Gasteiger charge is -2.09. The van der Waals surface area contributed by atoms with Crippen molar-refractivity contribution in [3.63, 3.8) is 0 Å². The van der Waals surface area contributed by atoms with Crippen LogP contribution in [-0.2, 0) is 9.59 Å². The van der Waals surface area contributed by atoms with Crippen molar-refractivity contribution in [2.45, 2.75) is 0 Å². The predicted octanol–water partition coefficient (Wildman–Crippen LogP) is 4.35. The quantitative estimate of drug-likeness (QED) is 0.475. The van der Waals surface area contributed by atoms with Crippen LogP contribution in [0.25, 0.3) is 16.8 Å². The first kappa shape index (κ1) is 19.2. The Kier molecular flexibility index (Phi) is 5.59. The zero-order chi connectivity index (χ0) is 20.2. The van der Waals surface area contributed by atoms with Gasteiger partial charge in [-0.3, -0.25) is 9.59 Å². The van der Waals surface area contributed by atoms with Crippen molar-refractivity contribution in [3.05, 3.63) is 77.2 Å².